The van der Waals surface area contributed by atoms with Crippen molar-refractivity contribution in [3.8, 4) is 17.0 Å². The minimum atomic E-state index is -2.99. The lowest BCUT2D eigenvalue weighted by atomic mass is 9.77. The van der Waals surface area contributed by atoms with Crippen LogP contribution in [-0.2, 0) is 17.6 Å². The molecule has 0 aliphatic heterocycles. The van der Waals surface area contributed by atoms with Crippen LogP contribution in [0.15, 0.2) is 18.2 Å². The third-order valence-corrected chi connectivity index (χ3v) is 7.94. The van der Waals surface area contributed by atoms with Crippen LogP contribution >= 0.6 is 12.6 Å². The van der Waals surface area contributed by atoms with E-state index in [1.165, 1.54) is 12.1 Å². The van der Waals surface area contributed by atoms with Gasteiger partial charge in [-0.3, -0.25) is 9.48 Å². The van der Waals surface area contributed by atoms with E-state index < -0.39 is 12.4 Å². The number of halogens is 3. The number of carbonyl (C=O) groups is 1. The molecule has 1 aromatic carbocycles. The molecule has 0 saturated heterocycles. The Kier molecular flexibility index (Phi) is 6.11. The van der Waals surface area contributed by atoms with Gasteiger partial charge in [0.1, 0.15) is 11.6 Å². The predicted octanol–water partition coefficient (Wildman–Crippen LogP) is 5.33. The molecule has 2 aromatic rings. The first-order valence-electron chi connectivity index (χ1n) is 12.0. The molecule has 5 nitrogen and oxygen atoms in total. The van der Waals surface area contributed by atoms with Gasteiger partial charge >= 0.3 is 6.61 Å². The highest BCUT2D eigenvalue weighted by atomic mass is 32.1. The zero-order valence-electron chi connectivity index (χ0n) is 19.4. The molecule has 2 fully saturated rings. The van der Waals surface area contributed by atoms with Crippen molar-refractivity contribution in [1.29, 1.82) is 0 Å². The second kappa shape index (κ2) is 8.81. The summed E-state index contributed by atoms with van der Waals surface area (Å²) in [5, 5.41) is 8.34. The molecule has 1 unspecified atom stereocenters. The average Bonchev–Trinajstić information content (AvgIpc) is 3.54. The molecule has 0 radical (unpaired) electrons. The Hall–Kier alpha value is -2.16. The lowest BCUT2D eigenvalue weighted by Gasteiger charge is -2.44. The summed E-state index contributed by atoms with van der Waals surface area (Å²) >= 11 is 4.47. The van der Waals surface area contributed by atoms with Crippen molar-refractivity contribution in [1.82, 2.24) is 15.1 Å². The van der Waals surface area contributed by atoms with Gasteiger partial charge in [0.25, 0.3) is 0 Å². The van der Waals surface area contributed by atoms with Gasteiger partial charge in [0.05, 0.1) is 11.7 Å². The molecule has 1 heterocycles. The Morgan fingerprint density at radius 3 is 2.68 bits per heavy atom. The molecule has 1 aromatic heterocycles. The number of hydrogen-bond acceptors (Lipinski definition) is 4. The highest BCUT2D eigenvalue weighted by Gasteiger charge is 2.42. The molecular formula is C25H30F3N3O2S. The second-order valence-corrected chi connectivity index (χ2v) is 11.1. The van der Waals surface area contributed by atoms with Gasteiger partial charge in [0.15, 0.2) is 0 Å². The number of rotatable bonds is 7. The number of benzene rings is 1. The van der Waals surface area contributed by atoms with Crippen LogP contribution in [0.3, 0.4) is 0 Å². The van der Waals surface area contributed by atoms with E-state index in [2.05, 4.69) is 36.5 Å². The smallest absolute Gasteiger partial charge is 0.387 e. The van der Waals surface area contributed by atoms with Gasteiger partial charge in [-0.15, -0.1) is 0 Å². The lowest BCUT2D eigenvalue weighted by molar-refractivity contribution is -0.128. The second-order valence-electron chi connectivity index (χ2n) is 10.4. The highest BCUT2D eigenvalue weighted by Crippen LogP contribution is 2.44. The van der Waals surface area contributed by atoms with Crippen molar-refractivity contribution in [2.75, 3.05) is 0 Å². The number of fused-ring (bicyclic) bond motifs is 1. The number of ether oxygens (including phenoxy) is 1. The summed E-state index contributed by atoms with van der Waals surface area (Å²) in [6.45, 7) is 1.17. The van der Waals surface area contributed by atoms with E-state index in [0.29, 0.717) is 36.1 Å². The van der Waals surface area contributed by atoms with E-state index in [9.17, 15) is 18.0 Å². The van der Waals surface area contributed by atoms with Gasteiger partial charge in [-0.1, -0.05) is 0 Å². The fourth-order valence-corrected chi connectivity index (χ4v) is 6.34. The minimum Gasteiger partial charge on any atom is -0.435 e. The normalized spacial score (nSPS) is 27.1. The Bertz CT molecular complexity index is 1100. The standard InChI is InChI=1S/C25H30F3N3O2S/c1-13(14-3-4-14)31-21-9-15(23(32)29-25(2)11-17(34)12-25)5-7-18(21)22(30-31)19-10-16(33-24(27)28)6-8-20(19)26/h6,8,10,13-15,17,24,34H,3-5,7,9,11-12H2,1-2H3,(H,29,32)/t13-,15?,17?,25?/m0/s1. The number of nitrogens with zero attached hydrogens (tertiary/aromatic N) is 2. The molecule has 1 N–H and O–H groups in total. The molecule has 2 atom stereocenters. The first-order valence-corrected chi connectivity index (χ1v) is 12.5. The van der Waals surface area contributed by atoms with Gasteiger partial charge < -0.3 is 10.1 Å². The largest absolute Gasteiger partial charge is 0.435 e. The van der Waals surface area contributed by atoms with Gasteiger partial charge in [-0.25, -0.2) is 4.39 Å². The van der Waals surface area contributed by atoms with E-state index in [-0.39, 0.29) is 34.7 Å². The molecule has 3 aliphatic rings. The maximum absolute atomic E-state index is 14.8. The molecule has 0 spiro atoms. The molecule has 3 aliphatic carbocycles. The predicted molar refractivity (Wildman–Crippen MR) is 126 cm³/mol. The first kappa shape index (κ1) is 23.6. The van der Waals surface area contributed by atoms with Crippen molar-refractivity contribution in [2.45, 2.75) is 82.2 Å². The van der Waals surface area contributed by atoms with E-state index in [1.54, 1.807) is 0 Å². The van der Waals surface area contributed by atoms with E-state index in [4.69, 9.17) is 5.10 Å². The van der Waals surface area contributed by atoms with Crippen LogP contribution in [-0.4, -0.2) is 33.1 Å². The number of hydrogen-bond donors (Lipinski definition) is 2. The minimum absolute atomic E-state index is 0.0419. The summed E-state index contributed by atoms with van der Waals surface area (Å²) in [6.07, 6.45) is 5.68. The van der Waals surface area contributed by atoms with Crippen LogP contribution in [0.2, 0.25) is 0 Å². The van der Waals surface area contributed by atoms with Gasteiger partial charge in [-0.2, -0.15) is 26.5 Å². The van der Waals surface area contributed by atoms with E-state index in [1.807, 2.05) is 4.68 Å². The number of aromatic nitrogens is 2. The monoisotopic (exact) mass is 493 g/mol. The van der Waals surface area contributed by atoms with Gasteiger partial charge in [-0.05, 0) is 76.5 Å². The topological polar surface area (TPSA) is 56.2 Å². The summed E-state index contributed by atoms with van der Waals surface area (Å²) in [6, 6.07) is 3.75. The number of thiol groups is 1. The molecule has 0 bridgehead atoms. The molecule has 34 heavy (non-hydrogen) atoms. The number of amides is 1. The van der Waals surface area contributed by atoms with Crippen LogP contribution in [0, 0.1) is 17.7 Å². The molecule has 2 saturated carbocycles. The van der Waals surface area contributed by atoms with Crippen molar-refractivity contribution in [3.05, 3.63) is 35.3 Å². The van der Waals surface area contributed by atoms with Crippen molar-refractivity contribution in [2.24, 2.45) is 11.8 Å². The summed E-state index contributed by atoms with van der Waals surface area (Å²) in [4.78, 5) is 13.1. The average molecular weight is 494 g/mol. The SMILES string of the molecule is C[C@@H](C1CC1)n1nc(-c2cc(OC(F)F)ccc2F)c2c1CC(C(=O)NC1(C)CC(S)C1)CC2. The van der Waals surface area contributed by atoms with Crippen LogP contribution in [0.1, 0.15) is 63.3 Å². The summed E-state index contributed by atoms with van der Waals surface area (Å²) in [7, 11) is 0. The Morgan fingerprint density at radius 1 is 1.29 bits per heavy atom. The molecule has 1 amide bonds. The van der Waals surface area contributed by atoms with Crippen molar-refractivity contribution < 1.29 is 22.7 Å². The quantitative estimate of drug-likeness (QED) is 0.513. The molecule has 9 heteroatoms. The maximum atomic E-state index is 14.8. The fraction of sp³-hybridized carbons (Fsp3) is 0.600. The summed E-state index contributed by atoms with van der Waals surface area (Å²) in [5.41, 5.74) is 2.26. The van der Waals surface area contributed by atoms with Crippen molar-refractivity contribution in [3.63, 3.8) is 0 Å². The summed E-state index contributed by atoms with van der Waals surface area (Å²) in [5.74, 6) is -0.274. The Balaban J connectivity index is 1.47. The first-order chi connectivity index (χ1) is 16.1. The number of nitrogens with one attached hydrogen (secondary N) is 1. The molecule has 184 valence electrons. The lowest BCUT2D eigenvalue weighted by Crippen LogP contribution is -2.57. The van der Waals surface area contributed by atoms with E-state index in [0.717, 1.165) is 43.0 Å². The number of carbonyl (C=O) groups excluding carboxylic acids is 1. The Labute approximate surface area is 202 Å². The third kappa shape index (κ3) is 4.55. The van der Waals surface area contributed by atoms with Gasteiger partial charge in [0, 0.05) is 39.9 Å². The van der Waals surface area contributed by atoms with Crippen LogP contribution in [0.5, 0.6) is 5.75 Å². The zero-order valence-corrected chi connectivity index (χ0v) is 20.3. The van der Waals surface area contributed by atoms with Crippen LogP contribution < -0.4 is 10.1 Å². The van der Waals surface area contributed by atoms with Gasteiger partial charge in [0.2, 0.25) is 5.91 Å². The zero-order chi connectivity index (χ0) is 24.2. The van der Waals surface area contributed by atoms with Crippen LogP contribution in [0.4, 0.5) is 13.2 Å². The number of alkyl halides is 2. The Morgan fingerprint density at radius 2 is 2.03 bits per heavy atom. The fourth-order valence-electron chi connectivity index (χ4n) is 5.54. The highest BCUT2D eigenvalue weighted by molar-refractivity contribution is 7.81. The van der Waals surface area contributed by atoms with Crippen molar-refractivity contribution >= 4 is 18.5 Å². The molecular weight excluding hydrogens is 463 g/mol. The maximum Gasteiger partial charge on any atom is 0.387 e. The molecule has 5 rings (SSSR count). The summed E-state index contributed by atoms with van der Waals surface area (Å²) < 4.78 is 46.8. The van der Waals surface area contributed by atoms with Crippen LogP contribution in [0.25, 0.3) is 11.3 Å². The third-order valence-electron chi connectivity index (χ3n) is 7.58. The van der Waals surface area contributed by atoms with E-state index >= 15 is 0 Å².